The first-order chi connectivity index (χ1) is 7.94. The summed E-state index contributed by atoms with van der Waals surface area (Å²) in [6.07, 6.45) is 0. The van der Waals surface area contributed by atoms with Gasteiger partial charge in [0, 0.05) is 0 Å². The number of nitrogens with zero attached hydrogens (tertiary/aromatic N) is 1. The van der Waals surface area contributed by atoms with E-state index in [0.717, 1.165) is 0 Å². The van der Waals surface area contributed by atoms with Gasteiger partial charge in [-0.3, -0.25) is 14.5 Å². The van der Waals surface area contributed by atoms with E-state index in [-0.39, 0.29) is 16.9 Å². The van der Waals surface area contributed by atoms with E-state index in [1.165, 1.54) is 4.90 Å². The van der Waals surface area contributed by atoms with Gasteiger partial charge in [0.05, 0.1) is 5.69 Å². The lowest BCUT2D eigenvalue weighted by molar-refractivity contribution is -0.139. The molecule has 0 bridgehead atoms. The molecule has 88 valence electrons. The molecule has 2 rings (SSSR count). The molecule has 0 saturated carbocycles. The maximum atomic E-state index is 12.2. The van der Waals surface area contributed by atoms with E-state index < -0.39 is 5.41 Å². The number of amides is 2. The summed E-state index contributed by atoms with van der Waals surface area (Å²) in [5.41, 5.74) is -0.436. The van der Waals surface area contributed by atoms with Crippen LogP contribution in [0.15, 0.2) is 30.3 Å². The van der Waals surface area contributed by atoms with Crippen LogP contribution in [0.2, 0.25) is 0 Å². The van der Waals surface area contributed by atoms with E-state index in [9.17, 15) is 9.59 Å². The SMILES string of the molecule is CC1(C)C(=O)NC(=S)N(c2ccccc2)C1=O. The van der Waals surface area contributed by atoms with Crippen LogP contribution in [0.1, 0.15) is 13.8 Å². The summed E-state index contributed by atoms with van der Waals surface area (Å²) in [6.45, 7) is 3.17. The van der Waals surface area contributed by atoms with E-state index in [0.29, 0.717) is 5.69 Å². The van der Waals surface area contributed by atoms with Crippen LogP contribution < -0.4 is 10.2 Å². The maximum Gasteiger partial charge on any atom is 0.248 e. The molecule has 0 unspecified atom stereocenters. The summed E-state index contributed by atoms with van der Waals surface area (Å²) in [7, 11) is 0. The number of nitrogens with one attached hydrogen (secondary N) is 1. The fourth-order valence-corrected chi connectivity index (χ4v) is 1.87. The van der Waals surface area contributed by atoms with Gasteiger partial charge in [0.25, 0.3) is 0 Å². The summed E-state index contributed by atoms with van der Waals surface area (Å²) in [6, 6.07) is 9.03. The lowest BCUT2D eigenvalue weighted by Gasteiger charge is -2.36. The van der Waals surface area contributed by atoms with Crippen molar-refractivity contribution in [1.29, 1.82) is 0 Å². The molecule has 17 heavy (non-hydrogen) atoms. The van der Waals surface area contributed by atoms with Gasteiger partial charge in [-0.1, -0.05) is 18.2 Å². The Bertz CT molecular complexity index is 496. The normalized spacial score (nSPS) is 19.2. The zero-order chi connectivity index (χ0) is 12.6. The number of hydrogen-bond acceptors (Lipinski definition) is 3. The molecule has 1 aromatic carbocycles. The minimum absolute atomic E-state index is 0.130. The number of anilines is 1. The van der Waals surface area contributed by atoms with E-state index >= 15 is 0 Å². The summed E-state index contributed by atoms with van der Waals surface area (Å²) < 4.78 is 0. The zero-order valence-electron chi connectivity index (χ0n) is 9.56. The predicted octanol–water partition coefficient (Wildman–Crippen LogP) is 1.46. The Labute approximate surface area is 105 Å². The van der Waals surface area contributed by atoms with E-state index in [2.05, 4.69) is 5.32 Å². The Hall–Kier alpha value is -1.75. The second kappa shape index (κ2) is 3.92. The van der Waals surface area contributed by atoms with Gasteiger partial charge in [-0.2, -0.15) is 0 Å². The van der Waals surface area contributed by atoms with Crippen LogP contribution in [0.4, 0.5) is 5.69 Å². The second-order valence-electron chi connectivity index (χ2n) is 4.36. The fraction of sp³-hybridized carbons (Fsp3) is 0.250. The molecule has 0 spiro atoms. The molecule has 1 aliphatic heterocycles. The largest absolute Gasteiger partial charge is 0.301 e. The molecule has 1 aliphatic rings. The number of para-hydroxylation sites is 1. The third-order valence-corrected chi connectivity index (χ3v) is 3.03. The van der Waals surface area contributed by atoms with Crippen molar-refractivity contribution in [1.82, 2.24) is 5.32 Å². The molecular formula is C12H12N2O2S. The summed E-state index contributed by atoms with van der Waals surface area (Å²) in [4.78, 5) is 25.3. The number of hydrogen-bond donors (Lipinski definition) is 1. The first kappa shape index (κ1) is 11.7. The molecule has 0 atom stereocenters. The van der Waals surface area contributed by atoms with Gasteiger partial charge in [0.1, 0.15) is 5.41 Å². The molecule has 1 fully saturated rings. The van der Waals surface area contributed by atoms with Gasteiger partial charge >= 0.3 is 0 Å². The van der Waals surface area contributed by atoms with Crippen LogP contribution >= 0.6 is 12.2 Å². The zero-order valence-corrected chi connectivity index (χ0v) is 10.4. The van der Waals surface area contributed by atoms with Crippen molar-refractivity contribution in [3.8, 4) is 0 Å². The topological polar surface area (TPSA) is 49.4 Å². The highest BCUT2D eigenvalue weighted by molar-refractivity contribution is 7.80. The van der Waals surface area contributed by atoms with E-state index in [4.69, 9.17) is 12.2 Å². The molecule has 4 nitrogen and oxygen atoms in total. The number of carbonyl (C=O) groups is 2. The van der Waals surface area contributed by atoms with Gasteiger partial charge in [0.15, 0.2) is 5.11 Å². The van der Waals surface area contributed by atoms with Crippen molar-refractivity contribution in [2.45, 2.75) is 13.8 Å². The van der Waals surface area contributed by atoms with Crippen molar-refractivity contribution in [3.05, 3.63) is 30.3 Å². The third-order valence-electron chi connectivity index (χ3n) is 2.74. The Kier molecular flexibility index (Phi) is 2.71. The number of thiocarbonyl (C=S) groups is 1. The van der Waals surface area contributed by atoms with Crippen LogP contribution in [0.5, 0.6) is 0 Å². The van der Waals surface area contributed by atoms with Crippen LogP contribution in [0.25, 0.3) is 0 Å². The van der Waals surface area contributed by atoms with Crippen molar-refractivity contribution < 1.29 is 9.59 Å². The summed E-state index contributed by atoms with van der Waals surface area (Å²) in [5, 5.41) is 2.68. The van der Waals surface area contributed by atoms with Crippen molar-refractivity contribution in [2.75, 3.05) is 4.90 Å². The molecule has 1 aromatic rings. The van der Waals surface area contributed by atoms with Crippen molar-refractivity contribution in [3.63, 3.8) is 0 Å². The summed E-state index contributed by atoms with van der Waals surface area (Å²) in [5.74, 6) is -0.669. The van der Waals surface area contributed by atoms with Crippen LogP contribution in [-0.4, -0.2) is 16.9 Å². The highest BCUT2D eigenvalue weighted by Gasteiger charge is 2.45. The van der Waals surface area contributed by atoms with Crippen molar-refractivity contribution >= 4 is 34.8 Å². The molecule has 0 aromatic heterocycles. The minimum atomic E-state index is -1.10. The Morgan fingerprint density at radius 1 is 1.18 bits per heavy atom. The van der Waals surface area contributed by atoms with Gasteiger partial charge in [-0.15, -0.1) is 0 Å². The fourth-order valence-electron chi connectivity index (χ4n) is 1.59. The van der Waals surface area contributed by atoms with Crippen LogP contribution in [0, 0.1) is 5.41 Å². The molecule has 1 N–H and O–H groups in total. The van der Waals surface area contributed by atoms with E-state index in [1.54, 1.807) is 26.0 Å². The van der Waals surface area contributed by atoms with E-state index in [1.807, 2.05) is 18.2 Å². The molecule has 5 heteroatoms. The lowest BCUT2D eigenvalue weighted by atomic mass is 9.88. The molecule has 0 radical (unpaired) electrons. The smallest absolute Gasteiger partial charge is 0.248 e. The Balaban J connectivity index is 2.45. The highest BCUT2D eigenvalue weighted by Crippen LogP contribution is 2.27. The lowest BCUT2D eigenvalue weighted by Crippen LogP contribution is -2.62. The first-order valence-electron chi connectivity index (χ1n) is 5.19. The average Bonchev–Trinajstić information content (AvgIpc) is 2.28. The third kappa shape index (κ3) is 1.82. The van der Waals surface area contributed by atoms with Gasteiger partial charge in [-0.05, 0) is 38.2 Å². The highest BCUT2D eigenvalue weighted by atomic mass is 32.1. The van der Waals surface area contributed by atoms with Gasteiger partial charge in [0.2, 0.25) is 11.8 Å². The minimum Gasteiger partial charge on any atom is -0.301 e. The monoisotopic (exact) mass is 248 g/mol. The van der Waals surface area contributed by atoms with Crippen LogP contribution in [-0.2, 0) is 9.59 Å². The second-order valence-corrected chi connectivity index (χ2v) is 4.75. The first-order valence-corrected chi connectivity index (χ1v) is 5.60. The van der Waals surface area contributed by atoms with Crippen molar-refractivity contribution in [2.24, 2.45) is 5.41 Å². The average molecular weight is 248 g/mol. The quantitative estimate of drug-likeness (QED) is 0.604. The number of rotatable bonds is 1. The molecule has 1 saturated heterocycles. The van der Waals surface area contributed by atoms with Gasteiger partial charge in [-0.25, -0.2) is 0 Å². The number of carbonyl (C=O) groups excluding carboxylic acids is 2. The molecule has 0 aliphatic carbocycles. The van der Waals surface area contributed by atoms with Gasteiger partial charge < -0.3 is 5.32 Å². The van der Waals surface area contributed by atoms with Crippen LogP contribution in [0.3, 0.4) is 0 Å². The standard InChI is InChI=1S/C12H12N2O2S/c1-12(2)9(15)13-11(17)14(10(12)16)8-6-4-3-5-7-8/h3-7H,1-2H3,(H,13,15,17). The molecular weight excluding hydrogens is 236 g/mol. The molecule has 1 heterocycles. The molecule has 2 amide bonds. The summed E-state index contributed by atoms with van der Waals surface area (Å²) >= 11 is 5.04. The number of benzene rings is 1. The Morgan fingerprint density at radius 3 is 2.35 bits per heavy atom. The Morgan fingerprint density at radius 2 is 1.76 bits per heavy atom. The maximum absolute atomic E-state index is 12.2. The predicted molar refractivity (Wildman–Crippen MR) is 68.4 cm³/mol.